The minimum atomic E-state index is -2.36. The lowest BCUT2D eigenvalue weighted by Crippen LogP contribution is -2.54. The summed E-state index contributed by atoms with van der Waals surface area (Å²) in [6.07, 6.45) is 0. The van der Waals surface area contributed by atoms with Gasteiger partial charge in [-0.05, 0) is 39.3 Å². The van der Waals surface area contributed by atoms with Crippen LogP contribution in [0, 0.1) is 0 Å². The maximum absolute atomic E-state index is 8.80. The molecule has 0 fully saturated rings. The third-order valence-electron chi connectivity index (χ3n) is 2.07. The quantitative estimate of drug-likeness (QED) is 0.586. The van der Waals surface area contributed by atoms with Crippen LogP contribution < -0.4 is 0 Å². The Morgan fingerprint density at radius 1 is 0.632 bits per heavy atom. The van der Waals surface area contributed by atoms with E-state index in [0.717, 1.165) is 0 Å². The number of hydrogen-bond donors (Lipinski definition) is 2. The fraction of sp³-hybridized carbons (Fsp3) is 1.00. The first-order chi connectivity index (χ1) is 8.54. The normalized spacial score (nSPS) is 13.9. The molecular weight excluding hydrogens is 300 g/mol. The summed E-state index contributed by atoms with van der Waals surface area (Å²) in [5.41, 5.74) is 0. The van der Waals surface area contributed by atoms with Gasteiger partial charge in [-0.2, -0.15) is 0 Å². The highest BCUT2D eigenvalue weighted by molar-refractivity contribution is 6.84. The van der Waals surface area contributed by atoms with E-state index in [1.165, 1.54) is 0 Å². The lowest BCUT2D eigenvalue weighted by Gasteiger charge is -2.37. The summed E-state index contributed by atoms with van der Waals surface area (Å²) in [7, 11) is -6.96. The van der Waals surface area contributed by atoms with Gasteiger partial charge in [0.05, 0.1) is 26.4 Å². The molecule has 0 aliphatic heterocycles. The maximum atomic E-state index is 8.80. The third-order valence-corrected chi connectivity index (χ3v) is 11.7. The molecule has 0 heterocycles. The van der Waals surface area contributed by atoms with Crippen molar-refractivity contribution >= 4 is 25.7 Å². The Labute approximate surface area is 119 Å². The molecule has 0 aliphatic rings. The number of rotatable bonds is 10. The van der Waals surface area contributed by atoms with Crippen molar-refractivity contribution in [3.63, 3.8) is 0 Å². The van der Waals surface area contributed by atoms with Crippen molar-refractivity contribution in [1.82, 2.24) is 0 Å². The summed E-state index contributed by atoms with van der Waals surface area (Å²) in [6.45, 7) is 12.2. The van der Waals surface area contributed by atoms with Crippen LogP contribution in [-0.2, 0) is 17.1 Å². The van der Waals surface area contributed by atoms with Crippen LogP contribution in [0.25, 0.3) is 0 Å². The molecule has 0 saturated carbocycles. The number of aliphatic hydroxyl groups excluding tert-OH is 2. The fourth-order valence-corrected chi connectivity index (χ4v) is 13.5. The zero-order valence-corrected chi connectivity index (χ0v) is 15.9. The molecule has 0 unspecified atom stereocenters. The molecule has 0 radical (unpaired) electrons. The zero-order valence-electron chi connectivity index (χ0n) is 12.9. The molecule has 0 aliphatic carbocycles. The maximum Gasteiger partial charge on any atom is 0.323 e. The smallest absolute Gasteiger partial charge is 0.323 e. The molecule has 19 heavy (non-hydrogen) atoms. The van der Waals surface area contributed by atoms with E-state index in [0.29, 0.717) is 0 Å². The predicted octanol–water partition coefficient (Wildman–Crippen LogP) is 1.14. The van der Waals surface area contributed by atoms with Crippen molar-refractivity contribution in [2.45, 2.75) is 39.3 Å². The topological polar surface area (TPSA) is 77.4 Å². The van der Waals surface area contributed by atoms with E-state index in [4.69, 9.17) is 27.3 Å². The molecule has 0 amide bonds. The highest BCUT2D eigenvalue weighted by Crippen LogP contribution is 2.21. The minimum Gasteiger partial charge on any atom is -0.415 e. The highest BCUT2D eigenvalue weighted by Gasteiger charge is 2.41. The molecule has 6 nitrogen and oxygen atoms in total. The third kappa shape index (κ3) is 9.87. The monoisotopic (exact) mass is 328 g/mol. The zero-order chi connectivity index (χ0) is 15.2. The van der Waals surface area contributed by atoms with E-state index < -0.39 is 25.7 Å². The first-order valence-electron chi connectivity index (χ1n) is 6.43. The van der Waals surface area contributed by atoms with Gasteiger partial charge in [0, 0.05) is 0 Å². The summed E-state index contributed by atoms with van der Waals surface area (Å²) in [5, 5.41) is 17.6. The lowest BCUT2D eigenvalue weighted by molar-refractivity contribution is 0.152. The van der Waals surface area contributed by atoms with E-state index >= 15 is 0 Å². The summed E-state index contributed by atoms with van der Waals surface area (Å²) in [6, 6.07) is 0. The summed E-state index contributed by atoms with van der Waals surface area (Å²) in [4.78, 5) is 0. The van der Waals surface area contributed by atoms with Crippen LogP contribution in [0.15, 0.2) is 0 Å². The molecule has 2 N–H and O–H groups in total. The Balaban J connectivity index is 4.44. The van der Waals surface area contributed by atoms with Crippen molar-refractivity contribution in [1.29, 1.82) is 0 Å². The highest BCUT2D eigenvalue weighted by atomic mass is 28.5. The van der Waals surface area contributed by atoms with Gasteiger partial charge in [0.25, 0.3) is 0 Å². The SMILES string of the molecule is C[Si](C)(OCCO)O[Si](C)(C)O[Si](C)(C)OCCO. The van der Waals surface area contributed by atoms with Gasteiger partial charge in [0.1, 0.15) is 0 Å². The molecular formula is C10H28O6Si3. The van der Waals surface area contributed by atoms with Gasteiger partial charge in [-0.3, -0.25) is 0 Å². The van der Waals surface area contributed by atoms with Gasteiger partial charge in [0.2, 0.25) is 0 Å². The molecule has 0 saturated heterocycles. The average Bonchev–Trinajstić information content (AvgIpc) is 2.20. The molecule has 0 aromatic carbocycles. The van der Waals surface area contributed by atoms with Crippen molar-refractivity contribution in [3.8, 4) is 0 Å². The molecule has 0 spiro atoms. The van der Waals surface area contributed by atoms with Crippen LogP contribution >= 0.6 is 0 Å². The van der Waals surface area contributed by atoms with E-state index in [9.17, 15) is 0 Å². The lowest BCUT2D eigenvalue weighted by atomic mass is 10.8. The van der Waals surface area contributed by atoms with Gasteiger partial charge in [-0.25, -0.2) is 0 Å². The summed E-state index contributed by atoms with van der Waals surface area (Å²) >= 11 is 0. The Kier molecular flexibility index (Phi) is 8.17. The molecule has 0 bridgehead atoms. The molecule has 116 valence electrons. The minimum absolute atomic E-state index is 0.0114. The van der Waals surface area contributed by atoms with Crippen LogP contribution in [0.3, 0.4) is 0 Å². The molecule has 0 atom stereocenters. The number of hydrogen-bond acceptors (Lipinski definition) is 6. The number of aliphatic hydroxyl groups is 2. The van der Waals surface area contributed by atoms with Crippen LogP contribution in [0.4, 0.5) is 0 Å². The van der Waals surface area contributed by atoms with Crippen LogP contribution in [0.2, 0.25) is 39.3 Å². The predicted molar refractivity (Wildman–Crippen MR) is 80.7 cm³/mol. The van der Waals surface area contributed by atoms with Gasteiger partial charge in [-0.15, -0.1) is 0 Å². The van der Waals surface area contributed by atoms with E-state index in [2.05, 4.69) is 0 Å². The first-order valence-corrected chi connectivity index (χ1v) is 14.9. The fourth-order valence-electron chi connectivity index (χ4n) is 1.85. The second kappa shape index (κ2) is 8.00. The van der Waals surface area contributed by atoms with Crippen molar-refractivity contribution < 1.29 is 27.3 Å². The van der Waals surface area contributed by atoms with Crippen LogP contribution in [-0.4, -0.2) is 62.3 Å². The second-order valence-electron chi connectivity index (χ2n) is 5.55. The molecule has 9 heteroatoms. The largest absolute Gasteiger partial charge is 0.415 e. The Morgan fingerprint density at radius 3 is 1.21 bits per heavy atom. The first kappa shape index (κ1) is 19.4. The molecule has 0 aromatic rings. The van der Waals surface area contributed by atoms with Gasteiger partial charge >= 0.3 is 25.7 Å². The Hall–Kier alpha value is 0.411. The van der Waals surface area contributed by atoms with E-state index in [1.54, 1.807) is 0 Å². The second-order valence-corrected chi connectivity index (χ2v) is 16.2. The van der Waals surface area contributed by atoms with Gasteiger partial charge in [0.15, 0.2) is 0 Å². The van der Waals surface area contributed by atoms with Crippen LogP contribution in [0.5, 0.6) is 0 Å². The standard InChI is InChI=1S/C10H28O6Si3/c1-17(2,13-9-7-11)15-19(5,6)16-18(3,4)14-10-8-12/h11-12H,7-10H2,1-6H3. The molecule has 0 rings (SSSR count). The van der Waals surface area contributed by atoms with Gasteiger partial charge in [-0.1, -0.05) is 0 Å². The Bertz CT molecular complexity index is 236. The van der Waals surface area contributed by atoms with E-state index in [-0.39, 0.29) is 26.4 Å². The van der Waals surface area contributed by atoms with E-state index in [1.807, 2.05) is 39.3 Å². The average molecular weight is 329 g/mol. The van der Waals surface area contributed by atoms with Crippen molar-refractivity contribution in [3.05, 3.63) is 0 Å². The van der Waals surface area contributed by atoms with Gasteiger partial charge < -0.3 is 27.3 Å². The molecule has 0 aromatic heterocycles. The summed E-state index contributed by atoms with van der Waals surface area (Å²) in [5.74, 6) is 0. The summed E-state index contributed by atoms with van der Waals surface area (Å²) < 4.78 is 23.2. The van der Waals surface area contributed by atoms with Crippen molar-refractivity contribution in [2.24, 2.45) is 0 Å². The van der Waals surface area contributed by atoms with Crippen LogP contribution in [0.1, 0.15) is 0 Å². The Morgan fingerprint density at radius 2 is 0.947 bits per heavy atom. The van der Waals surface area contributed by atoms with Crippen molar-refractivity contribution in [2.75, 3.05) is 26.4 Å².